The molecule has 0 aromatic heterocycles. The minimum Gasteiger partial charge on any atom is -0.497 e. The third-order valence-corrected chi connectivity index (χ3v) is 4.67. The van der Waals surface area contributed by atoms with Crippen molar-refractivity contribution in [1.82, 2.24) is 10.6 Å². The van der Waals surface area contributed by atoms with Crippen molar-refractivity contribution in [2.45, 2.75) is 50.9 Å². The van der Waals surface area contributed by atoms with E-state index in [1.807, 2.05) is 24.3 Å². The molecule has 3 unspecified atom stereocenters. The second-order valence-electron chi connectivity index (χ2n) is 6.50. The maximum Gasteiger partial charge on any atom is 0.191 e. The van der Waals surface area contributed by atoms with Crippen LogP contribution in [0.3, 0.4) is 0 Å². The fourth-order valence-electron chi connectivity index (χ4n) is 3.40. The van der Waals surface area contributed by atoms with Crippen LogP contribution in [0.15, 0.2) is 29.3 Å². The Hall–Kier alpha value is -1.95. The van der Waals surface area contributed by atoms with Gasteiger partial charge in [-0.3, -0.25) is 4.99 Å². The number of hydrogen-bond acceptors (Lipinski definition) is 4. The summed E-state index contributed by atoms with van der Waals surface area (Å²) in [4.78, 5) is 4.66. The SMILES string of the molecule is CCNC(=NCCCOc1ccc(OC)cc1)NC1CC2CCC1O2. The lowest BCUT2D eigenvalue weighted by Gasteiger charge is -2.22. The molecule has 2 saturated heterocycles. The summed E-state index contributed by atoms with van der Waals surface area (Å²) in [6.45, 7) is 4.32. The van der Waals surface area contributed by atoms with Crippen LogP contribution in [-0.2, 0) is 4.74 Å². The lowest BCUT2D eigenvalue weighted by Crippen LogP contribution is -2.47. The molecule has 1 aromatic rings. The zero-order valence-electron chi connectivity index (χ0n) is 15.2. The Morgan fingerprint density at radius 2 is 2.04 bits per heavy atom. The fraction of sp³-hybridized carbons (Fsp3) is 0.632. The Balaban J connectivity index is 1.39. The van der Waals surface area contributed by atoms with Crippen molar-refractivity contribution < 1.29 is 14.2 Å². The number of benzene rings is 1. The summed E-state index contributed by atoms with van der Waals surface area (Å²) in [7, 11) is 1.66. The number of nitrogens with zero attached hydrogens (tertiary/aromatic N) is 1. The van der Waals surface area contributed by atoms with Gasteiger partial charge in [-0.1, -0.05) is 0 Å². The number of ether oxygens (including phenoxy) is 3. The molecule has 1 aromatic carbocycles. The number of fused-ring (bicyclic) bond motifs is 2. The van der Waals surface area contributed by atoms with Crippen LogP contribution in [0.1, 0.15) is 32.6 Å². The largest absolute Gasteiger partial charge is 0.497 e. The van der Waals surface area contributed by atoms with Crippen molar-refractivity contribution >= 4 is 5.96 Å². The van der Waals surface area contributed by atoms with Crippen LogP contribution in [-0.4, -0.2) is 51.0 Å². The topological polar surface area (TPSA) is 64.1 Å². The summed E-state index contributed by atoms with van der Waals surface area (Å²) in [5, 5.41) is 6.85. The molecule has 2 aliphatic heterocycles. The van der Waals surface area contributed by atoms with Crippen molar-refractivity contribution in [3.8, 4) is 11.5 Å². The van der Waals surface area contributed by atoms with Gasteiger partial charge >= 0.3 is 0 Å². The molecular weight excluding hydrogens is 318 g/mol. The molecule has 0 saturated carbocycles. The Morgan fingerprint density at radius 3 is 2.68 bits per heavy atom. The van der Waals surface area contributed by atoms with Crippen LogP contribution in [0.4, 0.5) is 0 Å². The Morgan fingerprint density at radius 1 is 1.24 bits per heavy atom. The van der Waals surface area contributed by atoms with Crippen molar-refractivity contribution in [1.29, 1.82) is 0 Å². The average molecular weight is 347 g/mol. The van der Waals surface area contributed by atoms with Crippen LogP contribution >= 0.6 is 0 Å². The summed E-state index contributed by atoms with van der Waals surface area (Å²) < 4.78 is 16.8. The first kappa shape index (κ1) is 17.9. The Bertz CT molecular complexity index is 562. The van der Waals surface area contributed by atoms with Gasteiger partial charge in [0, 0.05) is 19.5 Å². The van der Waals surface area contributed by atoms with Gasteiger partial charge in [-0.25, -0.2) is 0 Å². The normalized spacial score (nSPS) is 25.0. The van der Waals surface area contributed by atoms with Gasteiger partial charge in [0.1, 0.15) is 11.5 Å². The molecule has 6 nitrogen and oxygen atoms in total. The maximum absolute atomic E-state index is 5.90. The number of methoxy groups -OCH3 is 1. The zero-order chi connectivity index (χ0) is 17.5. The molecule has 2 fully saturated rings. The average Bonchev–Trinajstić information content (AvgIpc) is 3.25. The van der Waals surface area contributed by atoms with Crippen molar-refractivity contribution in [3.05, 3.63) is 24.3 Å². The van der Waals surface area contributed by atoms with E-state index >= 15 is 0 Å². The molecule has 0 spiro atoms. The highest BCUT2D eigenvalue weighted by atomic mass is 16.5. The number of rotatable bonds is 8. The molecule has 0 amide bonds. The molecule has 25 heavy (non-hydrogen) atoms. The molecule has 2 aliphatic rings. The number of aliphatic imine (C=N–C) groups is 1. The molecule has 6 heteroatoms. The smallest absolute Gasteiger partial charge is 0.191 e. The zero-order valence-corrected chi connectivity index (χ0v) is 15.2. The summed E-state index contributed by atoms with van der Waals surface area (Å²) in [5.74, 6) is 2.57. The van der Waals surface area contributed by atoms with E-state index < -0.39 is 0 Å². The fourth-order valence-corrected chi connectivity index (χ4v) is 3.40. The van der Waals surface area contributed by atoms with E-state index in [0.29, 0.717) is 24.9 Å². The monoisotopic (exact) mass is 347 g/mol. The highest BCUT2D eigenvalue weighted by molar-refractivity contribution is 5.80. The predicted molar refractivity (Wildman–Crippen MR) is 98.5 cm³/mol. The van der Waals surface area contributed by atoms with Gasteiger partial charge in [0.2, 0.25) is 0 Å². The summed E-state index contributed by atoms with van der Waals surface area (Å²) in [6.07, 6.45) is 5.14. The van der Waals surface area contributed by atoms with Gasteiger partial charge in [-0.15, -0.1) is 0 Å². The molecule has 2 N–H and O–H groups in total. The quantitative estimate of drug-likeness (QED) is 0.429. The molecule has 0 radical (unpaired) electrons. The van der Waals surface area contributed by atoms with E-state index in [0.717, 1.165) is 49.8 Å². The highest BCUT2D eigenvalue weighted by Gasteiger charge is 2.41. The molecule has 3 atom stereocenters. The lowest BCUT2D eigenvalue weighted by atomic mass is 9.96. The minimum absolute atomic E-state index is 0.354. The third-order valence-electron chi connectivity index (χ3n) is 4.67. The Kier molecular flexibility index (Phi) is 6.39. The first-order valence-corrected chi connectivity index (χ1v) is 9.25. The summed E-state index contributed by atoms with van der Waals surface area (Å²) in [6, 6.07) is 8.04. The standard InChI is InChI=1S/C19H29N3O3/c1-3-20-19(22-17-13-16-9-10-18(17)25-16)21-11-4-12-24-15-7-5-14(23-2)6-8-15/h5-8,16-18H,3-4,9-13H2,1-2H3,(H2,20,21,22). The van der Waals surface area contributed by atoms with E-state index in [1.54, 1.807) is 7.11 Å². The Labute approximate surface area is 149 Å². The molecule has 2 bridgehead atoms. The molecule has 2 heterocycles. The summed E-state index contributed by atoms with van der Waals surface area (Å²) >= 11 is 0. The molecule has 138 valence electrons. The number of guanidine groups is 1. The summed E-state index contributed by atoms with van der Waals surface area (Å²) in [5.41, 5.74) is 0. The van der Waals surface area contributed by atoms with Crippen LogP contribution < -0.4 is 20.1 Å². The van der Waals surface area contributed by atoms with Crippen LogP contribution in [0.25, 0.3) is 0 Å². The van der Waals surface area contributed by atoms with Gasteiger partial charge in [0.05, 0.1) is 32.0 Å². The third kappa shape index (κ3) is 5.01. The van der Waals surface area contributed by atoms with Crippen LogP contribution in [0, 0.1) is 0 Å². The van der Waals surface area contributed by atoms with Crippen molar-refractivity contribution in [3.63, 3.8) is 0 Å². The van der Waals surface area contributed by atoms with Gasteiger partial charge in [-0.2, -0.15) is 0 Å². The van der Waals surface area contributed by atoms with E-state index in [2.05, 4.69) is 22.5 Å². The molecule has 0 aliphatic carbocycles. The maximum atomic E-state index is 5.90. The van der Waals surface area contributed by atoms with Crippen LogP contribution in [0.2, 0.25) is 0 Å². The van der Waals surface area contributed by atoms with Crippen molar-refractivity contribution in [2.24, 2.45) is 4.99 Å². The van der Waals surface area contributed by atoms with E-state index in [4.69, 9.17) is 14.2 Å². The number of hydrogen-bond donors (Lipinski definition) is 2. The van der Waals surface area contributed by atoms with Crippen molar-refractivity contribution in [2.75, 3.05) is 26.8 Å². The van der Waals surface area contributed by atoms with Gasteiger partial charge in [0.15, 0.2) is 5.96 Å². The first-order chi connectivity index (χ1) is 12.3. The highest BCUT2D eigenvalue weighted by Crippen LogP contribution is 2.34. The minimum atomic E-state index is 0.354. The second kappa shape index (κ2) is 8.94. The molecule has 3 rings (SSSR count). The van der Waals surface area contributed by atoms with Gasteiger partial charge < -0.3 is 24.8 Å². The number of nitrogens with one attached hydrogen (secondary N) is 2. The van der Waals surface area contributed by atoms with Gasteiger partial charge in [-0.05, 0) is 50.5 Å². The first-order valence-electron chi connectivity index (χ1n) is 9.25. The van der Waals surface area contributed by atoms with Crippen LogP contribution in [0.5, 0.6) is 11.5 Å². The second-order valence-corrected chi connectivity index (χ2v) is 6.50. The predicted octanol–water partition coefficient (Wildman–Crippen LogP) is 2.34. The van der Waals surface area contributed by atoms with E-state index in [-0.39, 0.29) is 0 Å². The van der Waals surface area contributed by atoms with E-state index in [1.165, 1.54) is 6.42 Å². The molecular formula is C19H29N3O3. The lowest BCUT2D eigenvalue weighted by molar-refractivity contribution is 0.0992. The van der Waals surface area contributed by atoms with Gasteiger partial charge in [0.25, 0.3) is 0 Å². The van der Waals surface area contributed by atoms with E-state index in [9.17, 15) is 0 Å².